The Labute approximate surface area is 97.5 Å². The van der Waals surface area contributed by atoms with Crippen LogP contribution >= 0.6 is 0 Å². The van der Waals surface area contributed by atoms with Crippen LogP contribution in [-0.4, -0.2) is 46.1 Å². The summed E-state index contributed by atoms with van der Waals surface area (Å²) in [4.78, 5) is 31.2. The highest BCUT2D eigenvalue weighted by molar-refractivity contribution is 5.86. The summed E-state index contributed by atoms with van der Waals surface area (Å²) in [6.07, 6.45) is 2.55. The lowest BCUT2D eigenvalue weighted by molar-refractivity contribution is -0.119. The van der Waals surface area contributed by atoms with E-state index < -0.39 is 5.97 Å². The minimum Gasteiger partial charge on any atom is -0.478 e. The lowest BCUT2D eigenvalue weighted by atomic mass is 10.1. The van der Waals surface area contributed by atoms with Gasteiger partial charge >= 0.3 is 5.97 Å². The molecule has 2 N–H and O–H groups in total. The Hall–Kier alpha value is -2.18. The maximum atomic E-state index is 10.8. The van der Waals surface area contributed by atoms with Crippen molar-refractivity contribution in [2.45, 2.75) is 13.0 Å². The number of carbonyl (C=O) groups is 2. The number of carbonyl (C=O) groups excluding carboxylic acids is 1. The second-order valence-corrected chi connectivity index (χ2v) is 3.88. The summed E-state index contributed by atoms with van der Waals surface area (Å²) in [5.41, 5.74) is 0.0627. The zero-order chi connectivity index (χ0) is 12.4. The molecule has 17 heavy (non-hydrogen) atoms. The molecule has 0 saturated carbocycles. The van der Waals surface area contributed by atoms with E-state index in [0.29, 0.717) is 19.0 Å². The lowest BCUT2D eigenvalue weighted by Gasteiger charge is -2.39. The zero-order valence-corrected chi connectivity index (χ0v) is 9.25. The molecule has 0 atom stereocenters. The molecule has 90 valence electrons. The van der Waals surface area contributed by atoms with Crippen LogP contribution in [0.25, 0.3) is 0 Å². The maximum absolute atomic E-state index is 10.8. The molecular formula is C10H12N4O3. The average Bonchev–Trinajstić information content (AvgIpc) is 2.23. The van der Waals surface area contributed by atoms with Gasteiger partial charge in [0.1, 0.15) is 0 Å². The lowest BCUT2D eigenvalue weighted by Crippen LogP contribution is -2.59. The van der Waals surface area contributed by atoms with E-state index in [2.05, 4.69) is 15.3 Å². The molecule has 1 aromatic heterocycles. The molecule has 0 radical (unpaired) electrons. The quantitative estimate of drug-likeness (QED) is 0.734. The Bertz CT molecular complexity index is 439. The second-order valence-electron chi connectivity index (χ2n) is 3.88. The first-order valence-corrected chi connectivity index (χ1v) is 5.13. The molecular weight excluding hydrogens is 224 g/mol. The van der Waals surface area contributed by atoms with Crippen molar-refractivity contribution in [2.24, 2.45) is 0 Å². The first kappa shape index (κ1) is 11.3. The average molecular weight is 236 g/mol. The van der Waals surface area contributed by atoms with Gasteiger partial charge in [0.25, 0.3) is 0 Å². The highest BCUT2D eigenvalue weighted by Crippen LogP contribution is 2.15. The molecule has 2 heterocycles. The van der Waals surface area contributed by atoms with Crippen LogP contribution in [0, 0.1) is 0 Å². The molecule has 0 aliphatic carbocycles. The third kappa shape index (κ3) is 2.49. The molecule has 7 heteroatoms. The molecule has 0 unspecified atom stereocenters. The third-order valence-electron chi connectivity index (χ3n) is 2.46. The highest BCUT2D eigenvalue weighted by Gasteiger charge is 2.29. The van der Waals surface area contributed by atoms with Gasteiger partial charge in [-0.3, -0.25) is 4.79 Å². The van der Waals surface area contributed by atoms with Gasteiger partial charge in [-0.2, -0.15) is 0 Å². The fourth-order valence-electron chi connectivity index (χ4n) is 1.62. The summed E-state index contributed by atoms with van der Waals surface area (Å²) < 4.78 is 0. The topological polar surface area (TPSA) is 95.4 Å². The van der Waals surface area contributed by atoms with E-state index in [9.17, 15) is 9.59 Å². The van der Waals surface area contributed by atoms with Crippen molar-refractivity contribution >= 4 is 17.8 Å². The molecule has 7 nitrogen and oxygen atoms in total. The SMILES string of the molecule is CC(=O)NC1CN(c2ncc(C(=O)O)cn2)C1. The van der Waals surface area contributed by atoms with Crippen LogP contribution in [0.5, 0.6) is 0 Å². The van der Waals surface area contributed by atoms with Gasteiger partial charge in [-0.25, -0.2) is 14.8 Å². The van der Waals surface area contributed by atoms with Crippen molar-refractivity contribution in [3.63, 3.8) is 0 Å². The smallest absolute Gasteiger partial charge is 0.338 e. The van der Waals surface area contributed by atoms with Gasteiger partial charge in [-0.05, 0) is 0 Å². The Morgan fingerprint density at radius 3 is 2.47 bits per heavy atom. The first-order valence-electron chi connectivity index (χ1n) is 5.13. The van der Waals surface area contributed by atoms with E-state index in [1.165, 1.54) is 19.3 Å². The van der Waals surface area contributed by atoms with Crippen LogP contribution in [0.2, 0.25) is 0 Å². The summed E-state index contributed by atoms with van der Waals surface area (Å²) in [5, 5.41) is 11.5. The predicted molar refractivity (Wildman–Crippen MR) is 58.8 cm³/mol. The molecule has 1 fully saturated rings. The minimum atomic E-state index is -1.05. The number of rotatable bonds is 3. The van der Waals surface area contributed by atoms with Crippen LogP contribution in [-0.2, 0) is 4.79 Å². The summed E-state index contributed by atoms with van der Waals surface area (Å²) in [6, 6.07) is 0.121. The van der Waals surface area contributed by atoms with Crippen molar-refractivity contribution in [3.05, 3.63) is 18.0 Å². The Balaban J connectivity index is 1.93. The van der Waals surface area contributed by atoms with Crippen LogP contribution < -0.4 is 10.2 Å². The van der Waals surface area contributed by atoms with Crippen molar-refractivity contribution < 1.29 is 14.7 Å². The predicted octanol–water partition coefficient (Wildman–Crippen LogP) is -0.500. The Morgan fingerprint density at radius 1 is 1.41 bits per heavy atom. The van der Waals surface area contributed by atoms with Crippen LogP contribution in [0.1, 0.15) is 17.3 Å². The van der Waals surface area contributed by atoms with Crippen molar-refractivity contribution in [1.29, 1.82) is 0 Å². The molecule has 1 aliphatic rings. The number of carboxylic acids is 1. The van der Waals surface area contributed by atoms with Crippen molar-refractivity contribution in [1.82, 2.24) is 15.3 Å². The Morgan fingerprint density at radius 2 is 2.00 bits per heavy atom. The number of carboxylic acid groups (broad SMARTS) is 1. The molecule has 0 bridgehead atoms. The second kappa shape index (κ2) is 4.36. The standard InChI is InChI=1S/C10H12N4O3/c1-6(15)13-8-4-14(5-8)10-11-2-7(3-12-10)9(16)17/h2-3,8H,4-5H2,1H3,(H,13,15)(H,16,17). The molecule has 1 aliphatic heterocycles. The molecule has 1 aromatic rings. The first-order chi connectivity index (χ1) is 8.06. The molecule has 2 rings (SSSR count). The largest absolute Gasteiger partial charge is 0.478 e. The number of nitrogens with zero attached hydrogens (tertiary/aromatic N) is 3. The third-order valence-corrected chi connectivity index (χ3v) is 2.46. The van der Waals surface area contributed by atoms with E-state index in [0.717, 1.165) is 0 Å². The number of nitrogens with one attached hydrogen (secondary N) is 1. The van der Waals surface area contributed by atoms with Crippen LogP contribution in [0.15, 0.2) is 12.4 Å². The van der Waals surface area contributed by atoms with Gasteiger partial charge in [0.2, 0.25) is 11.9 Å². The summed E-state index contributed by atoms with van der Waals surface area (Å²) in [5.74, 6) is -0.621. The van der Waals surface area contributed by atoms with E-state index in [4.69, 9.17) is 5.11 Å². The molecule has 1 saturated heterocycles. The van der Waals surface area contributed by atoms with E-state index >= 15 is 0 Å². The maximum Gasteiger partial charge on any atom is 0.338 e. The molecule has 0 aromatic carbocycles. The molecule has 1 amide bonds. The zero-order valence-electron chi connectivity index (χ0n) is 9.25. The molecule has 0 spiro atoms. The Kier molecular flexibility index (Phi) is 2.90. The number of hydrogen-bond donors (Lipinski definition) is 2. The minimum absolute atomic E-state index is 0.0585. The van der Waals surface area contributed by atoms with Crippen LogP contribution in [0.4, 0.5) is 5.95 Å². The van der Waals surface area contributed by atoms with E-state index in [-0.39, 0.29) is 17.5 Å². The van der Waals surface area contributed by atoms with Gasteiger partial charge in [-0.1, -0.05) is 0 Å². The number of amides is 1. The number of aromatic nitrogens is 2. The van der Waals surface area contributed by atoms with E-state index in [1.54, 1.807) is 0 Å². The normalized spacial score (nSPS) is 15.2. The van der Waals surface area contributed by atoms with Gasteiger partial charge < -0.3 is 15.3 Å². The summed E-state index contributed by atoms with van der Waals surface area (Å²) in [7, 11) is 0. The number of hydrogen-bond acceptors (Lipinski definition) is 5. The summed E-state index contributed by atoms with van der Waals surface area (Å²) >= 11 is 0. The van der Waals surface area contributed by atoms with Crippen molar-refractivity contribution in [2.75, 3.05) is 18.0 Å². The van der Waals surface area contributed by atoms with Crippen LogP contribution in [0.3, 0.4) is 0 Å². The monoisotopic (exact) mass is 236 g/mol. The highest BCUT2D eigenvalue weighted by atomic mass is 16.4. The number of aromatic carboxylic acids is 1. The van der Waals surface area contributed by atoms with E-state index in [1.807, 2.05) is 4.90 Å². The van der Waals surface area contributed by atoms with Crippen molar-refractivity contribution in [3.8, 4) is 0 Å². The fraction of sp³-hybridized carbons (Fsp3) is 0.400. The van der Waals surface area contributed by atoms with Gasteiger partial charge in [0.15, 0.2) is 0 Å². The number of anilines is 1. The van der Waals surface area contributed by atoms with Gasteiger partial charge in [-0.15, -0.1) is 0 Å². The van der Waals surface area contributed by atoms with Gasteiger partial charge in [0.05, 0.1) is 11.6 Å². The fourth-order valence-corrected chi connectivity index (χ4v) is 1.62. The summed E-state index contributed by atoms with van der Waals surface area (Å²) in [6.45, 7) is 2.76. The van der Waals surface area contributed by atoms with Gasteiger partial charge in [0, 0.05) is 32.4 Å².